The lowest BCUT2D eigenvalue weighted by Gasteiger charge is -2.30. The Hall–Kier alpha value is -2.69. The molecule has 0 saturated carbocycles. The van der Waals surface area contributed by atoms with Crippen molar-refractivity contribution in [1.29, 1.82) is 5.26 Å². The number of carbonyl (C=O) groups is 1. The van der Waals surface area contributed by atoms with Crippen LogP contribution in [-0.2, 0) is 22.9 Å². The van der Waals surface area contributed by atoms with Crippen molar-refractivity contribution in [2.75, 3.05) is 24.5 Å². The molecule has 0 aliphatic carbocycles. The van der Waals surface area contributed by atoms with Crippen LogP contribution in [0.3, 0.4) is 0 Å². The van der Waals surface area contributed by atoms with Crippen LogP contribution in [0.25, 0.3) is 0 Å². The van der Waals surface area contributed by atoms with E-state index in [1.165, 1.54) is 4.31 Å². The fourth-order valence-electron chi connectivity index (χ4n) is 3.72. The van der Waals surface area contributed by atoms with E-state index < -0.39 is 10.0 Å². The number of aryl methyl sites for hydroxylation is 1. The third-order valence-electron chi connectivity index (χ3n) is 5.22. The van der Waals surface area contributed by atoms with Crippen LogP contribution < -0.4 is 4.90 Å². The molecule has 7 heteroatoms. The number of rotatable bonds is 6. The Balaban J connectivity index is 1.95. The molecule has 0 saturated heterocycles. The number of hydrogen-bond donors (Lipinski definition) is 0. The molecule has 3 rings (SSSR count). The molecular weight excluding hydrogens is 386 g/mol. The minimum Gasteiger partial charge on any atom is -0.308 e. The lowest BCUT2D eigenvalue weighted by atomic mass is 10.00. The minimum absolute atomic E-state index is 0.134. The van der Waals surface area contributed by atoms with Crippen LogP contribution in [0, 0.1) is 11.3 Å². The third-order valence-corrected chi connectivity index (χ3v) is 7.26. The fraction of sp³-hybridized carbons (Fsp3) is 0.364. The maximum atomic E-state index is 13.1. The van der Waals surface area contributed by atoms with E-state index in [0.717, 1.165) is 29.7 Å². The molecule has 2 aromatic carbocycles. The van der Waals surface area contributed by atoms with Crippen molar-refractivity contribution in [3.63, 3.8) is 0 Å². The predicted molar refractivity (Wildman–Crippen MR) is 112 cm³/mol. The molecule has 1 aliphatic heterocycles. The van der Waals surface area contributed by atoms with Crippen LogP contribution >= 0.6 is 0 Å². The first-order valence-corrected chi connectivity index (χ1v) is 11.3. The van der Waals surface area contributed by atoms with Gasteiger partial charge >= 0.3 is 0 Å². The molecule has 0 radical (unpaired) electrons. The summed E-state index contributed by atoms with van der Waals surface area (Å²) in [6, 6.07) is 14.2. The summed E-state index contributed by atoms with van der Waals surface area (Å²) in [4.78, 5) is 15.1. The topological polar surface area (TPSA) is 81.5 Å². The predicted octanol–water partition coefficient (Wildman–Crippen LogP) is 3.38. The van der Waals surface area contributed by atoms with Gasteiger partial charge in [0.1, 0.15) is 0 Å². The third kappa shape index (κ3) is 4.19. The highest BCUT2D eigenvalue weighted by atomic mass is 32.2. The molecule has 6 nitrogen and oxygen atoms in total. The molecule has 152 valence electrons. The zero-order valence-electron chi connectivity index (χ0n) is 16.8. The lowest BCUT2D eigenvalue weighted by molar-refractivity contribution is 0.0985. The molecule has 0 atom stereocenters. The standard InChI is InChI=1S/C22H25N3O3S/c1-3-24(4-2)29(27,28)20-10-11-21-18(16-20)9-6-14-25(21)22(26)19-8-5-7-17(15-19)12-13-23/h5,7-8,10-11,15-16H,3-4,6,9,12,14H2,1-2H3. The van der Waals surface area contributed by atoms with Gasteiger partial charge in [-0.1, -0.05) is 26.0 Å². The average Bonchev–Trinajstić information content (AvgIpc) is 2.73. The molecule has 2 aromatic rings. The lowest BCUT2D eigenvalue weighted by Crippen LogP contribution is -2.36. The first-order valence-electron chi connectivity index (χ1n) is 9.83. The number of anilines is 1. The molecule has 1 amide bonds. The second-order valence-corrected chi connectivity index (χ2v) is 8.91. The van der Waals surface area contributed by atoms with Crippen LogP contribution in [0.4, 0.5) is 5.69 Å². The van der Waals surface area contributed by atoms with E-state index in [0.29, 0.717) is 25.2 Å². The van der Waals surface area contributed by atoms with Gasteiger partial charge in [-0.25, -0.2) is 8.42 Å². The number of nitriles is 1. The summed E-state index contributed by atoms with van der Waals surface area (Å²) >= 11 is 0. The highest BCUT2D eigenvalue weighted by Gasteiger charge is 2.27. The zero-order valence-corrected chi connectivity index (χ0v) is 17.6. The first kappa shape index (κ1) is 21.0. The molecule has 0 fully saturated rings. The van der Waals surface area contributed by atoms with Crippen molar-refractivity contribution in [3.8, 4) is 6.07 Å². The summed E-state index contributed by atoms with van der Waals surface area (Å²) in [6.07, 6.45) is 1.75. The highest BCUT2D eigenvalue weighted by Crippen LogP contribution is 2.31. The molecular formula is C22H25N3O3S. The minimum atomic E-state index is -3.54. The summed E-state index contributed by atoms with van der Waals surface area (Å²) < 4.78 is 27.1. The van der Waals surface area contributed by atoms with Crippen molar-refractivity contribution in [2.24, 2.45) is 0 Å². The van der Waals surface area contributed by atoms with E-state index in [1.54, 1.807) is 41.3 Å². The van der Waals surface area contributed by atoms with Gasteiger partial charge in [0.2, 0.25) is 10.0 Å². The van der Waals surface area contributed by atoms with Crippen molar-refractivity contribution in [2.45, 2.75) is 38.0 Å². The Morgan fingerprint density at radius 3 is 2.62 bits per heavy atom. The quantitative estimate of drug-likeness (QED) is 0.730. The van der Waals surface area contributed by atoms with Gasteiger partial charge in [-0.2, -0.15) is 9.57 Å². The van der Waals surface area contributed by atoms with Crippen LogP contribution in [-0.4, -0.2) is 38.3 Å². The highest BCUT2D eigenvalue weighted by molar-refractivity contribution is 7.89. The summed E-state index contributed by atoms with van der Waals surface area (Å²) in [6.45, 7) is 5.05. The maximum Gasteiger partial charge on any atom is 0.258 e. The molecule has 29 heavy (non-hydrogen) atoms. The summed E-state index contributed by atoms with van der Waals surface area (Å²) in [5.74, 6) is -0.134. The molecule has 0 unspecified atom stereocenters. The summed E-state index contributed by atoms with van der Waals surface area (Å²) in [5.41, 5.74) is 2.96. The zero-order chi connectivity index (χ0) is 21.0. The smallest absolute Gasteiger partial charge is 0.258 e. The Bertz CT molecular complexity index is 1050. The van der Waals surface area contributed by atoms with Gasteiger partial charge in [-0.3, -0.25) is 4.79 Å². The molecule has 1 heterocycles. The van der Waals surface area contributed by atoms with Crippen LogP contribution in [0.1, 0.15) is 41.8 Å². The van der Waals surface area contributed by atoms with Gasteiger partial charge in [-0.05, 0) is 54.3 Å². The summed E-state index contributed by atoms with van der Waals surface area (Å²) in [5, 5.41) is 8.90. The van der Waals surface area contributed by atoms with Gasteiger partial charge in [0, 0.05) is 30.9 Å². The molecule has 1 aliphatic rings. The second-order valence-electron chi connectivity index (χ2n) is 6.98. The summed E-state index contributed by atoms with van der Waals surface area (Å²) in [7, 11) is -3.54. The number of fused-ring (bicyclic) bond motifs is 1. The fourth-order valence-corrected chi connectivity index (χ4v) is 5.23. The maximum absolute atomic E-state index is 13.1. The Morgan fingerprint density at radius 2 is 1.93 bits per heavy atom. The Morgan fingerprint density at radius 1 is 1.17 bits per heavy atom. The number of benzene rings is 2. The Kier molecular flexibility index (Phi) is 6.36. The first-order chi connectivity index (χ1) is 13.9. The van der Waals surface area contributed by atoms with E-state index in [4.69, 9.17) is 5.26 Å². The number of carbonyl (C=O) groups excluding carboxylic acids is 1. The molecule has 0 N–H and O–H groups in total. The van der Waals surface area contributed by atoms with E-state index in [2.05, 4.69) is 6.07 Å². The monoisotopic (exact) mass is 411 g/mol. The Labute approximate surface area is 172 Å². The number of nitrogens with zero attached hydrogens (tertiary/aromatic N) is 3. The van der Waals surface area contributed by atoms with Crippen LogP contribution in [0.2, 0.25) is 0 Å². The van der Waals surface area contributed by atoms with Gasteiger partial charge in [-0.15, -0.1) is 0 Å². The molecule has 0 spiro atoms. The van der Waals surface area contributed by atoms with Gasteiger partial charge in [0.15, 0.2) is 0 Å². The van der Waals surface area contributed by atoms with Crippen molar-refractivity contribution >= 4 is 21.6 Å². The average molecular weight is 412 g/mol. The largest absolute Gasteiger partial charge is 0.308 e. The van der Waals surface area contributed by atoms with Gasteiger partial charge in [0.05, 0.1) is 17.4 Å². The number of amides is 1. The van der Waals surface area contributed by atoms with Crippen LogP contribution in [0.15, 0.2) is 47.4 Å². The van der Waals surface area contributed by atoms with Crippen molar-refractivity contribution in [1.82, 2.24) is 4.31 Å². The van der Waals surface area contributed by atoms with E-state index >= 15 is 0 Å². The van der Waals surface area contributed by atoms with E-state index in [-0.39, 0.29) is 17.2 Å². The molecule has 0 aromatic heterocycles. The second kappa shape index (κ2) is 8.76. The van der Waals surface area contributed by atoms with E-state index in [9.17, 15) is 13.2 Å². The van der Waals surface area contributed by atoms with E-state index in [1.807, 2.05) is 19.9 Å². The SMILES string of the molecule is CCN(CC)S(=O)(=O)c1ccc2c(c1)CCCN2C(=O)c1cccc(CC#N)c1. The normalized spacial score (nSPS) is 13.8. The molecule has 0 bridgehead atoms. The number of hydrogen-bond acceptors (Lipinski definition) is 4. The van der Waals surface area contributed by atoms with Gasteiger partial charge < -0.3 is 4.90 Å². The number of sulfonamides is 1. The van der Waals surface area contributed by atoms with Crippen LogP contribution in [0.5, 0.6) is 0 Å². The van der Waals surface area contributed by atoms with Crippen molar-refractivity contribution < 1.29 is 13.2 Å². The van der Waals surface area contributed by atoms with Crippen molar-refractivity contribution in [3.05, 3.63) is 59.2 Å². The van der Waals surface area contributed by atoms with Gasteiger partial charge in [0.25, 0.3) is 5.91 Å².